The molecule has 2 aromatic carbocycles. The van der Waals surface area contributed by atoms with Crippen LogP contribution in [0.2, 0.25) is 0 Å². The van der Waals surface area contributed by atoms with Crippen LogP contribution in [-0.4, -0.2) is 44.3 Å². The van der Waals surface area contributed by atoms with Crippen molar-refractivity contribution in [2.75, 3.05) is 11.9 Å². The van der Waals surface area contributed by atoms with Crippen molar-refractivity contribution >= 4 is 28.3 Å². The van der Waals surface area contributed by atoms with Crippen molar-refractivity contribution in [1.29, 1.82) is 0 Å². The summed E-state index contributed by atoms with van der Waals surface area (Å²) >= 11 is 0. The molecule has 1 aliphatic rings. The Morgan fingerprint density at radius 1 is 1.11 bits per heavy atom. The molecule has 0 bridgehead atoms. The van der Waals surface area contributed by atoms with E-state index >= 15 is 0 Å². The number of rotatable bonds is 8. The van der Waals surface area contributed by atoms with Crippen molar-refractivity contribution in [2.24, 2.45) is 0 Å². The topological polar surface area (TPSA) is 114 Å². The van der Waals surface area contributed by atoms with Gasteiger partial charge in [0.1, 0.15) is 17.3 Å². The number of benzene rings is 2. The predicted octanol–water partition coefficient (Wildman–Crippen LogP) is 4.99. The Labute approximate surface area is 209 Å². The Morgan fingerprint density at radius 2 is 1.97 bits per heavy atom. The molecule has 1 fully saturated rings. The van der Waals surface area contributed by atoms with E-state index in [0.29, 0.717) is 17.4 Å². The van der Waals surface area contributed by atoms with Gasteiger partial charge in [-0.25, -0.2) is 9.97 Å². The molecule has 0 atom stereocenters. The van der Waals surface area contributed by atoms with Gasteiger partial charge in [-0.05, 0) is 70.4 Å². The van der Waals surface area contributed by atoms with E-state index in [4.69, 9.17) is 19.4 Å². The van der Waals surface area contributed by atoms with Gasteiger partial charge < -0.3 is 20.1 Å². The number of aromatic amines is 1. The van der Waals surface area contributed by atoms with Crippen LogP contribution in [0.1, 0.15) is 40.0 Å². The van der Waals surface area contributed by atoms with Crippen LogP contribution in [0.4, 0.5) is 11.5 Å². The highest BCUT2D eigenvalue weighted by atomic mass is 16.5. The molecule has 3 N–H and O–H groups in total. The fourth-order valence-electron chi connectivity index (χ4n) is 3.87. The minimum Gasteiger partial charge on any atom is -0.490 e. The van der Waals surface area contributed by atoms with Gasteiger partial charge in [0.15, 0.2) is 12.4 Å². The van der Waals surface area contributed by atoms with E-state index < -0.39 is 0 Å². The number of nitrogens with one attached hydrogen (secondary N) is 3. The van der Waals surface area contributed by atoms with E-state index in [1.54, 1.807) is 12.4 Å². The SMILES string of the molecule is CC(C)(C)NC(=O)COc1cccc(-c2nc(Nc3cn[nH]c3)c3cc(OC4CCC4)ccc3n2)c1. The van der Waals surface area contributed by atoms with Gasteiger partial charge in [0.25, 0.3) is 5.91 Å². The van der Waals surface area contributed by atoms with Crippen LogP contribution in [-0.2, 0) is 4.79 Å². The van der Waals surface area contributed by atoms with Crippen molar-refractivity contribution < 1.29 is 14.3 Å². The lowest BCUT2D eigenvalue weighted by atomic mass is 9.96. The Hall–Kier alpha value is -4.14. The third-order valence-electron chi connectivity index (χ3n) is 5.76. The van der Waals surface area contributed by atoms with E-state index in [-0.39, 0.29) is 24.2 Å². The Morgan fingerprint density at radius 3 is 2.69 bits per heavy atom. The summed E-state index contributed by atoms with van der Waals surface area (Å²) in [6.07, 6.45) is 7.12. The third kappa shape index (κ3) is 5.73. The second-order valence-corrected chi connectivity index (χ2v) is 9.97. The third-order valence-corrected chi connectivity index (χ3v) is 5.76. The molecule has 0 spiro atoms. The number of nitrogens with zero attached hydrogens (tertiary/aromatic N) is 3. The fourth-order valence-corrected chi connectivity index (χ4v) is 3.87. The monoisotopic (exact) mass is 486 g/mol. The van der Waals surface area contributed by atoms with Crippen LogP contribution in [0.3, 0.4) is 0 Å². The Kier molecular flexibility index (Phi) is 6.45. The summed E-state index contributed by atoms with van der Waals surface area (Å²) in [5.41, 5.74) is 2.02. The van der Waals surface area contributed by atoms with Crippen molar-refractivity contribution in [3.05, 3.63) is 54.9 Å². The van der Waals surface area contributed by atoms with Gasteiger partial charge in [-0.1, -0.05) is 12.1 Å². The zero-order chi connectivity index (χ0) is 25.1. The molecule has 5 rings (SSSR count). The average molecular weight is 487 g/mol. The molecule has 2 heterocycles. The van der Waals surface area contributed by atoms with Crippen molar-refractivity contribution in [3.8, 4) is 22.9 Å². The molecule has 9 nitrogen and oxygen atoms in total. The maximum Gasteiger partial charge on any atom is 0.258 e. The quantitative estimate of drug-likeness (QED) is 0.321. The smallest absolute Gasteiger partial charge is 0.258 e. The summed E-state index contributed by atoms with van der Waals surface area (Å²) in [5.74, 6) is 2.37. The second-order valence-electron chi connectivity index (χ2n) is 9.97. The van der Waals surface area contributed by atoms with Gasteiger partial charge in [-0.2, -0.15) is 5.10 Å². The first-order chi connectivity index (χ1) is 17.3. The van der Waals surface area contributed by atoms with Crippen molar-refractivity contribution in [3.63, 3.8) is 0 Å². The zero-order valence-electron chi connectivity index (χ0n) is 20.7. The number of anilines is 2. The minimum absolute atomic E-state index is 0.0730. The lowest BCUT2D eigenvalue weighted by Gasteiger charge is -2.26. The highest BCUT2D eigenvalue weighted by Crippen LogP contribution is 2.32. The highest BCUT2D eigenvalue weighted by Gasteiger charge is 2.20. The number of fused-ring (bicyclic) bond motifs is 1. The largest absolute Gasteiger partial charge is 0.490 e. The van der Waals surface area contributed by atoms with Gasteiger partial charge in [0, 0.05) is 22.7 Å². The van der Waals surface area contributed by atoms with Crippen molar-refractivity contribution in [1.82, 2.24) is 25.5 Å². The zero-order valence-corrected chi connectivity index (χ0v) is 20.7. The van der Waals surface area contributed by atoms with E-state index in [1.165, 1.54) is 6.42 Å². The number of hydrogen-bond acceptors (Lipinski definition) is 7. The number of hydrogen-bond donors (Lipinski definition) is 3. The first-order valence-corrected chi connectivity index (χ1v) is 12.1. The molecule has 0 radical (unpaired) electrons. The minimum atomic E-state index is -0.317. The molecule has 2 aromatic heterocycles. The van der Waals surface area contributed by atoms with Crippen LogP contribution < -0.4 is 20.1 Å². The second kappa shape index (κ2) is 9.85. The summed E-state index contributed by atoms with van der Waals surface area (Å²) in [4.78, 5) is 21.8. The number of H-pyrrole nitrogens is 1. The Bertz CT molecular complexity index is 1360. The molecule has 0 unspecified atom stereocenters. The van der Waals surface area contributed by atoms with E-state index in [1.807, 2.05) is 63.2 Å². The number of aromatic nitrogens is 4. The molecule has 4 aromatic rings. The normalized spacial score (nSPS) is 13.8. The molecule has 9 heteroatoms. The number of amides is 1. The summed E-state index contributed by atoms with van der Waals surface area (Å²) in [6.45, 7) is 5.72. The lowest BCUT2D eigenvalue weighted by molar-refractivity contribution is -0.124. The van der Waals surface area contributed by atoms with Crippen molar-refractivity contribution in [2.45, 2.75) is 51.7 Å². The van der Waals surface area contributed by atoms with Crippen LogP contribution in [0.15, 0.2) is 54.9 Å². The summed E-state index contributed by atoms with van der Waals surface area (Å²) in [5, 5.41) is 13.9. The van der Waals surface area contributed by atoms with Gasteiger partial charge in [0.05, 0.1) is 23.5 Å². The summed E-state index contributed by atoms with van der Waals surface area (Å²) in [7, 11) is 0. The molecule has 0 saturated heterocycles. The van der Waals surface area contributed by atoms with Gasteiger partial charge >= 0.3 is 0 Å². The van der Waals surface area contributed by atoms with Gasteiger partial charge in [-0.3, -0.25) is 9.89 Å². The molecule has 186 valence electrons. The average Bonchev–Trinajstić information content (AvgIpc) is 3.32. The van der Waals surface area contributed by atoms with Crippen LogP contribution in [0.5, 0.6) is 11.5 Å². The molecule has 1 saturated carbocycles. The number of ether oxygens (including phenoxy) is 2. The molecule has 1 amide bonds. The van der Waals surface area contributed by atoms with Crippen LogP contribution in [0, 0.1) is 0 Å². The first-order valence-electron chi connectivity index (χ1n) is 12.1. The molecule has 1 aliphatic carbocycles. The molecular formula is C27H30N6O3. The summed E-state index contributed by atoms with van der Waals surface area (Å²) < 4.78 is 11.8. The molecular weight excluding hydrogens is 456 g/mol. The van der Waals surface area contributed by atoms with E-state index in [2.05, 4.69) is 20.8 Å². The van der Waals surface area contributed by atoms with Gasteiger partial charge in [0.2, 0.25) is 0 Å². The maximum absolute atomic E-state index is 12.2. The predicted molar refractivity (Wildman–Crippen MR) is 139 cm³/mol. The summed E-state index contributed by atoms with van der Waals surface area (Å²) in [6, 6.07) is 13.3. The highest BCUT2D eigenvalue weighted by molar-refractivity contribution is 5.93. The fraction of sp³-hybridized carbons (Fsp3) is 0.333. The number of carbonyl (C=O) groups is 1. The van der Waals surface area contributed by atoms with Crippen LogP contribution in [0.25, 0.3) is 22.3 Å². The van der Waals surface area contributed by atoms with Gasteiger partial charge in [-0.15, -0.1) is 0 Å². The van der Waals surface area contributed by atoms with Crippen LogP contribution >= 0.6 is 0 Å². The Balaban J connectivity index is 1.44. The standard InChI is InChI=1S/C27H30N6O3/c1-27(2,3)33-24(34)16-35-20-9-4-6-17(12-20)25-31-23-11-10-21(36-19-7-5-8-19)13-22(23)26(32-25)30-18-14-28-29-15-18/h4,6,9-15,19H,5,7-8,16H2,1-3H3,(H,28,29)(H,33,34)(H,30,31,32). The lowest BCUT2D eigenvalue weighted by Crippen LogP contribution is -2.43. The molecule has 36 heavy (non-hydrogen) atoms. The first kappa shape index (κ1) is 23.6. The maximum atomic E-state index is 12.2. The molecule has 0 aliphatic heterocycles. The number of carbonyl (C=O) groups excluding carboxylic acids is 1. The van der Waals surface area contributed by atoms with E-state index in [9.17, 15) is 4.79 Å². The van der Waals surface area contributed by atoms with E-state index in [0.717, 1.165) is 40.7 Å².